The number of hydrogen-bond acceptors (Lipinski definition) is 2. The second-order valence-electron chi connectivity index (χ2n) is 3.97. The molecule has 1 unspecified atom stereocenters. The van der Waals surface area contributed by atoms with Gasteiger partial charge in [-0.1, -0.05) is 17.7 Å². The zero-order valence-corrected chi connectivity index (χ0v) is 9.11. The van der Waals surface area contributed by atoms with Crippen LogP contribution in [0.4, 0.5) is 4.39 Å². The average Bonchev–Trinajstić information content (AvgIpc) is 2.74. The molecule has 16 heavy (non-hydrogen) atoms. The molecule has 2 aromatic rings. The molecule has 0 amide bonds. The third kappa shape index (κ3) is 2.31. The molecule has 0 saturated heterocycles. The van der Waals surface area contributed by atoms with E-state index in [1.54, 1.807) is 24.7 Å². The van der Waals surface area contributed by atoms with E-state index in [0.29, 0.717) is 12.0 Å². The van der Waals surface area contributed by atoms with E-state index in [4.69, 9.17) is 10.2 Å². The number of aryl methyl sites for hydroxylation is 1. The highest BCUT2D eigenvalue weighted by molar-refractivity contribution is 5.28. The molecule has 0 spiro atoms. The summed E-state index contributed by atoms with van der Waals surface area (Å²) in [5, 5.41) is 0. The lowest BCUT2D eigenvalue weighted by Gasteiger charge is -2.12. The smallest absolute Gasteiger partial charge is 0.128 e. The predicted octanol–water partition coefficient (Wildman–Crippen LogP) is 2.97. The molecule has 2 nitrogen and oxygen atoms in total. The summed E-state index contributed by atoms with van der Waals surface area (Å²) in [4.78, 5) is 0. The molecule has 0 aliphatic carbocycles. The summed E-state index contributed by atoms with van der Waals surface area (Å²) in [6, 6.07) is 6.49. The highest BCUT2D eigenvalue weighted by atomic mass is 19.1. The van der Waals surface area contributed by atoms with Crippen molar-refractivity contribution in [2.45, 2.75) is 19.4 Å². The number of furan rings is 1. The van der Waals surface area contributed by atoms with E-state index in [9.17, 15) is 4.39 Å². The van der Waals surface area contributed by atoms with Crippen molar-refractivity contribution in [1.29, 1.82) is 0 Å². The molecule has 84 valence electrons. The first-order valence-corrected chi connectivity index (χ1v) is 5.19. The Balaban J connectivity index is 2.20. The Hall–Kier alpha value is -1.61. The van der Waals surface area contributed by atoms with Gasteiger partial charge in [-0.25, -0.2) is 4.39 Å². The van der Waals surface area contributed by atoms with Gasteiger partial charge in [-0.2, -0.15) is 0 Å². The van der Waals surface area contributed by atoms with Crippen molar-refractivity contribution in [3.63, 3.8) is 0 Å². The molecule has 0 bridgehead atoms. The molecule has 0 fully saturated rings. The Morgan fingerprint density at radius 1 is 1.38 bits per heavy atom. The second-order valence-corrected chi connectivity index (χ2v) is 3.97. The summed E-state index contributed by atoms with van der Waals surface area (Å²) in [6.45, 7) is 1.92. The quantitative estimate of drug-likeness (QED) is 0.861. The maximum atomic E-state index is 13.5. The van der Waals surface area contributed by atoms with Gasteiger partial charge < -0.3 is 10.2 Å². The molecule has 1 aromatic heterocycles. The van der Waals surface area contributed by atoms with E-state index in [0.717, 1.165) is 11.1 Å². The Kier molecular flexibility index (Phi) is 3.06. The van der Waals surface area contributed by atoms with E-state index in [2.05, 4.69) is 0 Å². The van der Waals surface area contributed by atoms with Crippen molar-refractivity contribution in [2.75, 3.05) is 0 Å². The van der Waals surface area contributed by atoms with Gasteiger partial charge in [0.1, 0.15) is 5.82 Å². The van der Waals surface area contributed by atoms with Crippen LogP contribution < -0.4 is 5.73 Å². The number of rotatable bonds is 3. The molecule has 0 radical (unpaired) electrons. The molecule has 3 heteroatoms. The largest absolute Gasteiger partial charge is 0.472 e. The lowest BCUT2D eigenvalue weighted by molar-refractivity contribution is 0.556. The van der Waals surface area contributed by atoms with Crippen LogP contribution in [0.2, 0.25) is 0 Å². The summed E-state index contributed by atoms with van der Waals surface area (Å²) >= 11 is 0. The summed E-state index contributed by atoms with van der Waals surface area (Å²) in [7, 11) is 0. The van der Waals surface area contributed by atoms with Crippen molar-refractivity contribution in [2.24, 2.45) is 5.73 Å². The fourth-order valence-electron chi connectivity index (χ4n) is 1.72. The van der Waals surface area contributed by atoms with Gasteiger partial charge in [-0.3, -0.25) is 0 Å². The van der Waals surface area contributed by atoms with E-state index in [1.165, 1.54) is 6.07 Å². The first kappa shape index (κ1) is 10.9. The third-order valence-electron chi connectivity index (χ3n) is 2.59. The van der Waals surface area contributed by atoms with Crippen LogP contribution in [0.5, 0.6) is 0 Å². The Labute approximate surface area is 93.9 Å². The number of halogens is 1. The van der Waals surface area contributed by atoms with Gasteiger partial charge in [0.25, 0.3) is 0 Å². The average molecular weight is 219 g/mol. The first-order chi connectivity index (χ1) is 7.66. The summed E-state index contributed by atoms with van der Waals surface area (Å²) in [6.07, 6.45) is 3.80. The van der Waals surface area contributed by atoms with Crippen molar-refractivity contribution in [3.05, 3.63) is 59.3 Å². The number of hydrogen-bond donors (Lipinski definition) is 1. The van der Waals surface area contributed by atoms with Gasteiger partial charge >= 0.3 is 0 Å². The van der Waals surface area contributed by atoms with Crippen LogP contribution in [-0.4, -0.2) is 0 Å². The van der Waals surface area contributed by atoms with Crippen LogP contribution in [0.15, 0.2) is 41.2 Å². The highest BCUT2D eigenvalue weighted by Gasteiger charge is 2.12. The second kappa shape index (κ2) is 4.49. The minimum Gasteiger partial charge on any atom is -0.472 e. The summed E-state index contributed by atoms with van der Waals surface area (Å²) in [5.41, 5.74) is 8.52. The molecule has 1 aromatic carbocycles. The summed E-state index contributed by atoms with van der Waals surface area (Å²) < 4.78 is 18.5. The SMILES string of the molecule is Cc1ccc(F)c(C(N)Cc2ccoc2)c1. The van der Waals surface area contributed by atoms with Gasteiger partial charge in [-0.05, 0) is 31.0 Å². The van der Waals surface area contributed by atoms with E-state index in [1.807, 2.05) is 13.0 Å². The Morgan fingerprint density at radius 2 is 2.19 bits per heavy atom. The van der Waals surface area contributed by atoms with Crippen molar-refractivity contribution >= 4 is 0 Å². The molecule has 0 aliphatic rings. The van der Waals surface area contributed by atoms with Crippen LogP contribution in [0.25, 0.3) is 0 Å². The van der Waals surface area contributed by atoms with Crippen molar-refractivity contribution in [3.8, 4) is 0 Å². The molecule has 1 heterocycles. The maximum Gasteiger partial charge on any atom is 0.128 e. The summed E-state index contributed by atoms with van der Waals surface area (Å²) in [5.74, 6) is -0.249. The Morgan fingerprint density at radius 3 is 2.88 bits per heavy atom. The fourth-order valence-corrected chi connectivity index (χ4v) is 1.72. The predicted molar refractivity (Wildman–Crippen MR) is 60.5 cm³/mol. The molecule has 1 atom stereocenters. The fraction of sp³-hybridized carbons (Fsp3) is 0.231. The number of benzene rings is 1. The zero-order chi connectivity index (χ0) is 11.5. The Bertz CT molecular complexity index is 465. The minimum atomic E-state index is -0.336. The first-order valence-electron chi connectivity index (χ1n) is 5.19. The van der Waals surface area contributed by atoms with Gasteiger partial charge in [0.15, 0.2) is 0 Å². The van der Waals surface area contributed by atoms with Crippen LogP contribution in [-0.2, 0) is 6.42 Å². The van der Waals surface area contributed by atoms with Crippen molar-refractivity contribution < 1.29 is 8.81 Å². The maximum absolute atomic E-state index is 13.5. The van der Waals surface area contributed by atoms with Gasteiger partial charge in [0, 0.05) is 11.6 Å². The van der Waals surface area contributed by atoms with Crippen molar-refractivity contribution in [1.82, 2.24) is 0 Å². The molecular formula is C13H14FNO. The van der Waals surface area contributed by atoms with Crippen LogP contribution in [0.3, 0.4) is 0 Å². The van der Waals surface area contributed by atoms with Crippen LogP contribution in [0, 0.1) is 12.7 Å². The molecule has 2 rings (SSSR count). The lowest BCUT2D eigenvalue weighted by Crippen LogP contribution is -2.14. The van der Waals surface area contributed by atoms with Gasteiger partial charge in [0.05, 0.1) is 12.5 Å². The third-order valence-corrected chi connectivity index (χ3v) is 2.59. The van der Waals surface area contributed by atoms with E-state index >= 15 is 0 Å². The normalized spacial score (nSPS) is 12.7. The standard InChI is InChI=1S/C13H14FNO/c1-9-2-3-12(14)11(6-9)13(15)7-10-4-5-16-8-10/h2-6,8,13H,7,15H2,1H3. The van der Waals surface area contributed by atoms with Gasteiger partial charge in [-0.15, -0.1) is 0 Å². The molecule has 0 aliphatic heterocycles. The van der Waals surface area contributed by atoms with E-state index in [-0.39, 0.29) is 11.9 Å². The molecule has 0 saturated carbocycles. The van der Waals surface area contributed by atoms with Gasteiger partial charge in [0.2, 0.25) is 0 Å². The molecule has 2 N–H and O–H groups in total. The molecular weight excluding hydrogens is 205 g/mol. The van der Waals surface area contributed by atoms with Crippen LogP contribution in [0.1, 0.15) is 22.7 Å². The van der Waals surface area contributed by atoms with E-state index < -0.39 is 0 Å². The minimum absolute atomic E-state index is 0.249. The zero-order valence-electron chi connectivity index (χ0n) is 9.11. The van der Waals surface area contributed by atoms with Crippen LogP contribution >= 0.6 is 0 Å². The topological polar surface area (TPSA) is 39.2 Å². The number of nitrogens with two attached hydrogens (primary N) is 1. The monoisotopic (exact) mass is 219 g/mol. The highest BCUT2D eigenvalue weighted by Crippen LogP contribution is 2.20. The lowest BCUT2D eigenvalue weighted by atomic mass is 9.99.